The summed E-state index contributed by atoms with van der Waals surface area (Å²) in [7, 11) is 0. The normalized spacial score (nSPS) is 24.3. The number of aliphatic imine (C=N–C) groups is 1. The van der Waals surface area contributed by atoms with Crippen LogP contribution < -0.4 is 4.90 Å². The molecule has 0 N–H and O–H groups in total. The molecule has 1 atom stereocenters. The summed E-state index contributed by atoms with van der Waals surface area (Å²) in [6.07, 6.45) is 4.93. The molecule has 0 radical (unpaired) electrons. The molecular weight excluding hydrogens is 160 g/mol. The zero-order valence-corrected chi connectivity index (χ0v) is 7.48. The smallest absolute Gasteiger partial charge is 0.121 e. The first-order chi connectivity index (χ1) is 6.45. The van der Waals surface area contributed by atoms with Crippen molar-refractivity contribution in [1.82, 2.24) is 0 Å². The molecule has 2 aliphatic heterocycles. The third-order valence-corrected chi connectivity index (χ3v) is 2.85. The lowest BCUT2D eigenvalue weighted by molar-refractivity contribution is 0.700. The number of rotatable bonds is 0. The molecule has 2 heterocycles. The van der Waals surface area contributed by atoms with Gasteiger partial charge in [0.25, 0.3) is 0 Å². The molecule has 1 aromatic carbocycles. The average Bonchev–Trinajstić information content (AvgIpc) is 2.65. The second kappa shape index (κ2) is 2.59. The summed E-state index contributed by atoms with van der Waals surface area (Å²) in [5.41, 5.74) is 2.63. The van der Waals surface area contributed by atoms with Gasteiger partial charge in [-0.2, -0.15) is 0 Å². The standard InChI is InChI=1S/C11H12N2/c1-2-5-10-9(4-1)8-12-11-6-3-7-13(10)11/h1-2,4-5,8,11H,3,6-7H2. The summed E-state index contributed by atoms with van der Waals surface area (Å²) >= 11 is 0. The number of hydrogen-bond donors (Lipinski definition) is 0. The highest BCUT2D eigenvalue weighted by molar-refractivity contribution is 5.90. The van der Waals surface area contributed by atoms with Gasteiger partial charge in [0.05, 0.1) is 0 Å². The number of para-hydroxylation sites is 1. The Morgan fingerprint density at radius 1 is 1.31 bits per heavy atom. The number of fused-ring (bicyclic) bond motifs is 3. The molecule has 1 aromatic rings. The highest BCUT2D eigenvalue weighted by Gasteiger charge is 2.27. The summed E-state index contributed by atoms with van der Waals surface area (Å²) in [4.78, 5) is 6.95. The van der Waals surface area contributed by atoms with E-state index in [1.807, 2.05) is 6.21 Å². The van der Waals surface area contributed by atoms with Crippen LogP contribution in [0, 0.1) is 0 Å². The first-order valence-corrected chi connectivity index (χ1v) is 4.84. The molecule has 0 bridgehead atoms. The fourth-order valence-corrected chi connectivity index (χ4v) is 2.21. The molecule has 0 amide bonds. The first kappa shape index (κ1) is 7.13. The van der Waals surface area contributed by atoms with Gasteiger partial charge in [-0.3, -0.25) is 4.99 Å². The molecule has 1 unspecified atom stereocenters. The van der Waals surface area contributed by atoms with Crippen molar-refractivity contribution >= 4 is 11.9 Å². The highest BCUT2D eigenvalue weighted by Crippen LogP contribution is 2.31. The Kier molecular flexibility index (Phi) is 1.42. The van der Waals surface area contributed by atoms with E-state index in [0.717, 1.165) is 0 Å². The average molecular weight is 172 g/mol. The zero-order chi connectivity index (χ0) is 8.67. The Balaban J connectivity index is 2.13. The maximum Gasteiger partial charge on any atom is 0.121 e. The van der Waals surface area contributed by atoms with Gasteiger partial charge in [-0.25, -0.2) is 0 Å². The van der Waals surface area contributed by atoms with Crippen molar-refractivity contribution in [2.45, 2.75) is 19.0 Å². The van der Waals surface area contributed by atoms with Gasteiger partial charge in [0.2, 0.25) is 0 Å². The highest BCUT2D eigenvalue weighted by atomic mass is 15.3. The Morgan fingerprint density at radius 2 is 2.23 bits per heavy atom. The largest absolute Gasteiger partial charge is 0.349 e. The van der Waals surface area contributed by atoms with Gasteiger partial charge in [0.15, 0.2) is 0 Å². The minimum Gasteiger partial charge on any atom is -0.349 e. The molecule has 0 aliphatic carbocycles. The molecule has 0 aromatic heterocycles. The van der Waals surface area contributed by atoms with Gasteiger partial charge >= 0.3 is 0 Å². The third kappa shape index (κ3) is 0.981. The molecule has 1 fully saturated rings. The zero-order valence-electron chi connectivity index (χ0n) is 7.48. The van der Waals surface area contributed by atoms with Crippen molar-refractivity contribution in [2.24, 2.45) is 4.99 Å². The predicted molar refractivity (Wildman–Crippen MR) is 54.4 cm³/mol. The van der Waals surface area contributed by atoms with Gasteiger partial charge in [-0.05, 0) is 18.9 Å². The van der Waals surface area contributed by atoms with E-state index in [1.54, 1.807) is 0 Å². The quantitative estimate of drug-likeness (QED) is 0.584. The van der Waals surface area contributed by atoms with E-state index < -0.39 is 0 Å². The van der Waals surface area contributed by atoms with Gasteiger partial charge < -0.3 is 4.90 Å². The summed E-state index contributed by atoms with van der Waals surface area (Å²) < 4.78 is 0. The Labute approximate surface area is 77.9 Å². The number of benzene rings is 1. The van der Waals surface area contributed by atoms with E-state index in [-0.39, 0.29) is 0 Å². The van der Waals surface area contributed by atoms with Crippen molar-refractivity contribution < 1.29 is 0 Å². The lowest BCUT2D eigenvalue weighted by Crippen LogP contribution is -2.31. The van der Waals surface area contributed by atoms with Crippen LogP contribution in [0.25, 0.3) is 0 Å². The molecule has 0 spiro atoms. The molecule has 1 saturated heterocycles. The van der Waals surface area contributed by atoms with Crippen molar-refractivity contribution in [1.29, 1.82) is 0 Å². The second-order valence-electron chi connectivity index (χ2n) is 3.65. The Hall–Kier alpha value is -1.31. The monoisotopic (exact) mass is 172 g/mol. The van der Waals surface area contributed by atoms with E-state index in [4.69, 9.17) is 0 Å². The summed E-state index contributed by atoms with van der Waals surface area (Å²) in [5.74, 6) is 0. The topological polar surface area (TPSA) is 15.6 Å². The molecular formula is C11H12N2. The lowest BCUT2D eigenvalue weighted by Gasteiger charge is -2.28. The van der Waals surface area contributed by atoms with Crippen LogP contribution in [-0.2, 0) is 0 Å². The third-order valence-electron chi connectivity index (χ3n) is 2.85. The van der Waals surface area contributed by atoms with Crippen LogP contribution in [0.5, 0.6) is 0 Å². The van der Waals surface area contributed by atoms with Gasteiger partial charge in [-0.15, -0.1) is 0 Å². The molecule has 2 heteroatoms. The maximum atomic E-state index is 4.53. The Morgan fingerprint density at radius 3 is 3.23 bits per heavy atom. The van der Waals surface area contributed by atoms with Crippen LogP contribution in [0.1, 0.15) is 18.4 Å². The fourth-order valence-electron chi connectivity index (χ4n) is 2.21. The second-order valence-corrected chi connectivity index (χ2v) is 3.65. The first-order valence-electron chi connectivity index (χ1n) is 4.84. The SMILES string of the molecule is C1=NC2CCCN2c2ccccc21. The summed E-state index contributed by atoms with van der Waals surface area (Å²) in [6.45, 7) is 1.17. The van der Waals surface area contributed by atoms with Crippen LogP contribution in [0.15, 0.2) is 29.3 Å². The molecule has 0 saturated carbocycles. The predicted octanol–water partition coefficient (Wildman–Crippen LogP) is 2.05. The number of hydrogen-bond acceptors (Lipinski definition) is 2. The van der Waals surface area contributed by atoms with E-state index in [1.165, 1.54) is 30.6 Å². The minimum absolute atomic E-state index is 0.426. The minimum atomic E-state index is 0.426. The molecule has 13 heavy (non-hydrogen) atoms. The van der Waals surface area contributed by atoms with Crippen LogP contribution in [0.2, 0.25) is 0 Å². The Bertz CT molecular complexity index is 357. The summed E-state index contributed by atoms with van der Waals surface area (Å²) in [6, 6.07) is 8.50. The van der Waals surface area contributed by atoms with E-state index in [0.29, 0.717) is 6.17 Å². The van der Waals surface area contributed by atoms with E-state index >= 15 is 0 Å². The molecule has 2 nitrogen and oxygen atoms in total. The van der Waals surface area contributed by atoms with Gasteiger partial charge in [0.1, 0.15) is 6.17 Å². The lowest BCUT2D eigenvalue weighted by atomic mass is 10.1. The van der Waals surface area contributed by atoms with Crippen molar-refractivity contribution in [2.75, 3.05) is 11.4 Å². The number of anilines is 1. The van der Waals surface area contributed by atoms with Crippen molar-refractivity contribution in [3.8, 4) is 0 Å². The van der Waals surface area contributed by atoms with Crippen LogP contribution in [-0.4, -0.2) is 18.9 Å². The van der Waals surface area contributed by atoms with Crippen LogP contribution >= 0.6 is 0 Å². The fraction of sp³-hybridized carbons (Fsp3) is 0.364. The van der Waals surface area contributed by atoms with E-state index in [2.05, 4.69) is 34.2 Å². The van der Waals surface area contributed by atoms with Crippen LogP contribution in [0.4, 0.5) is 5.69 Å². The number of nitrogens with zero attached hydrogens (tertiary/aromatic N) is 2. The van der Waals surface area contributed by atoms with Gasteiger partial charge in [0, 0.05) is 24.0 Å². The van der Waals surface area contributed by atoms with Crippen LogP contribution in [0.3, 0.4) is 0 Å². The molecule has 2 aliphatic rings. The molecule has 3 rings (SSSR count). The summed E-state index contributed by atoms with van der Waals surface area (Å²) in [5, 5.41) is 0. The van der Waals surface area contributed by atoms with Crippen molar-refractivity contribution in [3.63, 3.8) is 0 Å². The maximum absolute atomic E-state index is 4.53. The van der Waals surface area contributed by atoms with E-state index in [9.17, 15) is 0 Å². The van der Waals surface area contributed by atoms with Crippen molar-refractivity contribution in [3.05, 3.63) is 29.8 Å². The molecule has 66 valence electrons. The van der Waals surface area contributed by atoms with Gasteiger partial charge in [-0.1, -0.05) is 18.2 Å².